The predicted molar refractivity (Wildman–Crippen MR) is 73.0 cm³/mol. The van der Waals surface area contributed by atoms with Gasteiger partial charge in [-0.1, -0.05) is 17.7 Å². The quantitative estimate of drug-likeness (QED) is 0.566. The normalized spacial score (nSPS) is 10.0. The van der Waals surface area contributed by atoms with Gasteiger partial charge < -0.3 is 15.4 Å². The van der Waals surface area contributed by atoms with Crippen molar-refractivity contribution in [1.82, 2.24) is 10.6 Å². The molecule has 0 spiro atoms. The summed E-state index contributed by atoms with van der Waals surface area (Å²) >= 11 is 0. The molecule has 5 heteroatoms. The van der Waals surface area contributed by atoms with Gasteiger partial charge in [0.2, 0.25) is 0 Å². The molecule has 0 fully saturated rings. The van der Waals surface area contributed by atoms with Gasteiger partial charge in [0.25, 0.3) is 5.91 Å². The molecular weight excluding hydrogens is 244 g/mol. The van der Waals surface area contributed by atoms with Crippen LogP contribution in [-0.4, -0.2) is 38.1 Å². The molecule has 0 unspecified atom stereocenters. The summed E-state index contributed by atoms with van der Waals surface area (Å²) in [7, 11) is 0. The SMILES string of the molecule is CCOC(=O)CNCCNC(=O)c1ccc(C)cc1. The van der Waals surface area contributed by atoms with Crippen molar-refractivity contribution in [3.8, 4) is 0 Å². The summed E-state index contributed by atoms with van der Waals surface area (Å²) in [6.45, 7) is 5.27. The molecule has 0 aromatic heterocycles. The van der Waals surface area contributed by atoms with Gasteiger partial charge >= 0.3 is 5.97 Å². The first kappa shape index (κ1) is 15.2. The number of rotatable bonds is 7. The van der Waals surface area contributed by atoms with Crippen molar-refractivity contribution in [1.29, 1.82) is 0 Å². The van der Waals surface area contributed by atoms with Crippen molar-refractivity contribution in [2.75, 3.05) is 26.2 Å². The smallest absolute Gasteiger partial charge is 0.319 e. The van der Waals surface area contributed by atoms with Crippen molar-refractivity contribution >= 4 is 11.9 Å². The Morgan fingerprint density at radius 2 is 1.84 bits per heavy atom. The number of hydrogen-bond donors (Lipinski definition) is 2. The van der Waals surface area contributed by atoms with Crippen LogP contribution in [0.3, 0.4) is 0 Å². The average molecular weight is 264 g/mol. The maximum Gasteiger partial charge on any atom is 0.319 e. The van der Waals surface area contributed by atoms with Gasteiger partial charge in [-0.2, -0.15) is 0 Å². The number of nitrogens with one attached hydrogen (secondary N) is 2. The highest BCUT2D eigenvalue weighted by Gasteiger charge is 2.04. The van der Waals surface area contributed by atoms with Gasteiger partial charge in [0.15, 0.2) is 0 Å². The molecule has 19 heavy (non-hydrogen) atoms. The maximum atomic E-state index is 11.7. The van der Waals surface area contributed by atoms with E-state index in [1.165, 1.54) is 0 Å². The minimum Gasteiger partial charge on any atom is -0.465 e. The summed E-state index contributed by atoms with van der Waals surface area (Å²) in [4.78, 5) is 22.7. The summed E-state index contributed by atoms with van der Waals surface area (Å²) in [5.41, 5.74) is 1.75. The van der Waals surface area contributed by atoms with Gasteiger partial charge in [0.1, 0.15) is 0 Å². The van der Waals surface area contributed by atoms with E-state index < -0.39 is 0 Å². The first-order valence-corrected chi connectivity index (χ1v) is 6.34. The molecule has 2 N–H and O–H groups in total. The van der Waals surface area contributed by atoms with Crippen LogP contribution in [0.5, 0.6) is 0 Å². The summed E-state index contributed by atoms with van der Waals surface area (Å²) < 4.78 is 4.76. The number of carbonyl (C=O) groups is 2. The van der Waals surface area contributed by atoms with Crippen molar-refractivity contribution in [2.24, 2.45) is 0 Å². The molecule has 1 aromatic rings. The van der Waals surface area contributed by atoms with E-state index in [0.29, 0.717) is 25.3 Å². The van der Waals surface area contributed by atoms with E-state index in [1.54, 1.807) is 19.1 Å². The fourth-order valence-electron chi connectivity index (χ4n) is 1.47. The molecule has 0 radical (unpaired) electrons. The largest absolute Gasteiger partial charge is 0.465 e. The van der Waals surface area contributed by atoms with Crippen molar-refractivity contribution in [3.63, 3.8) is 0 Å². The Kier molecular flexibility index (Phi) is 6.60. The first-order chi connectivity index (χ1) is 9.13. The van der Waals surface area contributed by atoms with E-state index in [9.17, 15) is 9.59 Å². The van der Waals surface area contributed by atoms with Crippen LogP contribution >= 0.6 is 0 Å². The van der Waals surface area contributed by atoms with Crippen LogP contribution in [0.2, 0.25) is 0 Å². The van der Waals surface area contributed by atoms with Crippen LogP contribution in [0.1, 0.15) is 22.8 Å². The predicted octanol–water partition coefficient (Wildman–Crippen LogP) is 0.878. The van der Waals surface area contributed by atoms with Gasteiger partial charge in [-0.15, -0.1) is 0 Å². The molecule has 0 saturated heterocycles. The third-order valence-corrected chi connectivity index (χ3v) is 2.48. The van der Waals surface area contributed by atoms with Crippen molar-refractivity contribution < 1.29 is 14.3 Å². The Hall–Kier alpha value is -1.88. The van der Waals surface area contributed by atoms with Gasteiger partial charge in [0.05, 0.1) is 13.2 Å². The van der Waals surface area contributed by atoms with Crippen molar-refractivity contribution in [3.05, 3.63) is 35.4 Å². The fraction of sp³-hybridized carbons (Fsp3) is 0.429. The topological polar surface area (TPSA) is 67.4 Å². The zero-order valence-electron chi connectivity index (χ0n) is 11.4. The lowest BCUT2D eigenvalue weighted by atomic mass is 10.1. The zero-order chi connectivity index (χ0) is 14.1. The highest BCUT2D eigenvalue weighted by atomic mass is 16.5. The lowest BCUT2D eigenvalue weighted by Gasteiger charge is -2.07. The van der Waals surface area contributed by atoms with Gasteiger partial charge in [0, 0.05) is 18.7 Å². The number of hydrogen-bond acceptors (Lipinski definition) is 4. The molecule has 0 atom stereocenters. The van der Waals surface area contributed by atoms with Gasteiger partial charge in [-0.25, -0.2) is 0 Å². The lowest BCUT2D eigenvalue weighted by molar-refractivity contribution is -0.141. The Bertz CT molecular complexity index is 415. The summed E-state index contributed by atoms with van der Waals surface area (Å²) in [5.74, 6) is -0.398. The maximum absolute atomic E-state index is 11.7. The molecule has 1 rings (SSSR count). The highest BCUT2D eigenvalue weighted by molar-refractivity contribution is 5.94. The molecular formula is C14H20N2O3. The van der Waals surface area contributed by atoms with E-state index in [1.807, 2.05) is 19.1 Å². The molecule has 104 valence electrons. The van der Waals surface area contributed by atoms with Crippen LogP contribution in [0, 0.1) is 6.92 Å². The summed E-state index contributed by atoms with van der Waals surface area (Å²) in [5, 5.41) is 5.67. The van der Waals surface area contributed by atoms with Gasteiger partial charge in [-0.3, -0.25) is 9.59 Å². The van der Waals surface area contributed by atoms with E-state index in [-0.39, 0.29) is 18.4 Å². The molecule has 1 aromatic carbocycles. The number of ether oxygens (including phenoxy) is 1. The summed E-state index contributed by atoms with van der Waals surface area (Å²) in [6, 6.07) is 7.37. The lowest BCUT2D eigenvalue weighted by Crippen LogP contribution is -2.34. The molecule has 0 saturated carbocycles. The van der Waals surface area contributed by atoms with Crippen LogP contribution < -0.4 is 10.6 Å². The highest BCUT2D eigenvalue weighted by Crippen LogP contribution is 2.02. The second-order valence-corrected chi connectivity index (χ2v) is 4.10. The molecule has 5 nitrogen and oxygen atoms in total. The number of aryl methyl sites for hydroxylation is 1. The van der Waals surface area contributed by atoms with Crippen LogP contribution in [-0.2, 0) is 9.53 Å². The third kappa shape index (κ3) is 6.01. The fourth-order valence-corrected chi connectivity index (χ4v) is 1.47. The average Bonchev–Trinajstić information content (AvgIpc) is 2.39. The zero-order valence-corrected chi connectivity index (χ0v) is 11.4. The van der Waals surface area contributed by atoms with E-state index >= 15 is 0 Å². The first-order valence-electron chi connectivity index (χ1n) is 6.34. The second-order valence-electron chi connectivity index (χ2n) is 4.10. The number of carbonyl (C=O) groups excluding carboxylic acids is 2. The third-order valence-electron chi connectivity index (χ3n) is 2.48. The van der Waals surface area contributed by atoms with Crippen LogP contribution in [0.4, 0.5) is 0 Å². The van der Waals surface area contributed by atoms with E-state index in [0.717, 1.165) is 5.56 Å². The standard InChI is InChI=1S/C14H20N2O3/c1-3-19-13(17)10-15-8-9-16-14(18)12-6-4-11(2)5-7-12/h4-7,15H,3,8-10H2,1-2H3,(H,16,18). The van der Waals surface area contributed by atoms with Crippen molar-refractivity contribution in [2.45, 2.75) is 13.8 Å². The minimum absolute atomic E-state index is 0.113. The minimum atomic E-state index is -0.285. The van der Waals surface area contributed by atoms with E-state index in [2.05, 4.69) is 10.6 Å². The Morgan fingerprint density at radius 3 is 2.47 bits per heavy atom. The molecule has 0 aliphatic carbocycles. The molecule has 0 heterocycles. The Labute approximate surface area is 113 Å². The monoisotopic (exact) mass is 264 g/mol. The Morgan fingerprint density at radius 1 is 1.16 bits per heavy atom. The number of benzene rings is 1. The van der Waals surface area contributed by atoms with E-state index in [4.69, 9.17) is 4.74 Å². The number of esters is 1. The van der Waals surface area contributed by atoms with Crippen LogP contribution in [0.15, 0.2) is 24.3 Å². The molecule has 0 bridgehead atoms. The van der Waals surface area contributed by atoms with Crippen LogP contribution in [0.25, 0.3) is 0 Å². The number of amides is 1. The molecule has 1 amide bonds. The van der Waals surface area contributed by atoms with Gasteiger partial charge in [-0.05, 0) is 26.0 Å². The molecule has 0 aliphatic rings. The second kappa shape index (κ2) is 8.26. The summed E-state index contributed by atoms with van der Waals surface area (Å²) in [6.07, 6.45) is 0. The molecule has 0 aliphatic heterocycles. The Balaban J connectivity index is 2.17.